The zero-order valence-corrected chi connectivity index (χ0v) is 13.7. The predicted octanol–water partition coefficient (Wildman–Crippen LogP) is 1.42. The molecule has 0 aliphatic carbocycles. The maximum Gasteiger partial charge on any atom is 0.208 e. The highest BCUT2D eigenvalue weighted by Crippen LogP contribution is 2.26. The molecular formula is C14H24N4O2S. The number of pyridine rings is 1. The maximum absolute atomic E-state index is 11.3. The topological polar surface area (TPSA) is 74.3 Å². The fraction of sp³-hybridized carbons (Fsp3) is 0.643. The van der Waals surface area contributed by atoms with Crippen LogP contribution in [0, 0.1) is 0 Å². The molecule has 1 saturated heterocycles. The lowest BCUT2D eigenvalue weighted by molar-refractivity contribution is 0.460. The average Bonchev–Trinajstić information content (AvgIpc) is 2.38. The first-order chi connectivity index (χ1) is 9.85. The first kappa shape index (κ1) is 16.0. The van der Waals surface area contributed by atoms with Crippen LogP contribution in [0.1, 0.15) is 26.7 Å². The van der Waals surface area contributed by atoms with Gasteiger partial charge in [-0.2, -0.15) is 0 Å². The van der Waals surface area contributed by atoms with Crippen LogP contribution in [0.4, 0.5) is 11.5 Å². The number of hydrogen-bond donors (Lipinski definition) is 2. The van der Waals surface area contributed by atoms with E-state index in [2.05, 4.69) is 33.8 Å². The summed E-state index contributed by atoms with van der Waals surface area (Å²) in [6.45, 7) is 5.80. The molecule has 21 heavy (non-hydrogen) atoms. The van der Waals surface area contributed by atoms with Crippen molar-refractivity contribution < 1.29 is 8.42 Å². The summed E-state index contributed by atoms with van der Waals surface area (Å²) in [6, 6.07) is 4.33. The van der Waals surface area contributed by atoms with Crippen molar-refractivity contribution in [3.8, 4) is 0 Å². The van der Waals surface area contributed by atoms with Crippen LogP contribution in [0.15, 0.2) is 18.3 Å². The van der Waals surface area contributed by atoms with Crippen LogP contribution in [-0.4, -0.2) is 44.8 Å². The van der Waals surface area contributed by atoms with Crippen molar-refractivity contribution in [3.63, 3.8) is 0 Å². The normalized spacial score (nSPS) is 17.2. The molecule has 1 aromatic heterocycles. The summed E-state index contributed by atoms with van der Waals surface area (Å²) < 4.78 is 25.2. The summed E-state index contributed by atoms with van der Waals surface area (Å²) >= 11 is 0. The average molecular weight is 312 g/mol. The molecule has 0 atom stereocenters. The molecule has 6 nitrogen and oxygen atoms in total. The van der Waals surface area contributed by atoms with Crippen molar-refractivity contribution in [2.24, 2.45) is 0 Å². The molecule has 1 aliphatic heterocycles. The SMILES string of the molecule is CC(C)Nc1cccnc1N1CCC(NS(C)(=O)=O)CC1. The van der Waals surface area contributed by atoms with Gasteiger partial charge < -0.3 is 10.2 Å². The molecule has 0 unspecified atom stereocenters. The van der Waals surface area contributed by atoms with Crippen LogP contribution < -0.4 is 14.9 Å². The molecule has 118 valence electrons. The third-order valence-corrected chi connectivity index (χ3v) is 4.17. The first-order valence-electron chi connectivity index (χ1n) is 7.29. The molecule has 0 spiro atoms. The molecule has 0 saturated carbocycles. The van der Waals surface area contributed by atoms with E-state index >= 15 is 0 Å². The molecule has 0 aromatic carbocycles. The van der Waals surface area contributed by atoms with Crippen LogP contribution in [0.2, 0.25) is 0 Å². The van der Waals surface area contributed by atoms with E-state index in [0.29, 0.717) is 6.04 Å². The van der Waals surface area contributed by atoms with Crippen LogP contribution in [0.5, 0.6) is 0 Å². The van der Waals surface area contributed by atoms with Gasteiger partial charge in [-0.1, -0.05) is 0 Å². The van der Waals surface area contributed by atoms with E-state index in [9.17, 15) is 8.42 Å². The van der Waals surface area contributed by atoms with Crippen LogP contribution in [0.3, 0.4) is 0 Å². The van der Waals surface area contributed by atoms with E-state index in [1.807, 2.05) is 12.1 Å². The van der Waals surface area contributed by atoms with E-state index in [0.717, 1.165) is 37.4 Å². The van der Waals surface area contributed by atoms with Crippen molar-refractivity contribution in [2.45, 2.75) is 38.8 Å². The highest BCUT2D eigenvalue weighted by Gasteiger charge is 2.23. The van der Waals surface area contributed by atoms with E-state index in [4.69, 9.17) is 0 Å². The van der Waals surface area contributed by atoms with Crippen molar-refractivity contribution in [2.75, 3.05) is 29.6 Å². The fourth-order valence-corrected chi connectivity index (χ4v) is 3.43. The second-order valence-corrected chi connectivity index (χ2v) is 7.60. The molecule has 0 radical (unpaired) electrons. The van der Waals surface area contributed by atoms with Crippen LogP contribution in [0.25, 0.3) is 0 Å². The maximum atomic E-state index is 11.3. The van der Waals surface area contributed by atoms with Gasteiger partial charge >= 0.3 is 0 Å². The number of nitrogens with zero attached hydrogens (tertiary/aromatic N) is 2. The molecule has 7 heteroatoms. The number of piperidine rings is 1. The van der Waals surface area contributed by atoms with Crippen LogP contribution >= 0.6 is 0 Å². The molecule has 2 N–H and O–H groups in total. The quantitative estimate of drug-likeness (QED) is 0.860. The number of rotatable bonds is 5. The van der Waals surface area contributed by atoms with Gasteiger partial charge in [0.05, 0.1) is 11.9 Å². The molecule has 1 aliphatic rings. The molecule has 2 rings (SSSR count). The van der Waals surface area contributed by atoms with Crippen LogP contribution in [-0.2, 0) is 10.0 Å². The Morgan fingerprint density at radius 1 is 1.33 bits per heavy atom. The zero-order chi connectivity index (χ0) is 15.5. The highest BCUT2D eigenvalue weighted by molar-refractivity contribution is 7.88. The van der Waals surface area contributed by atoms with Gasteiger partial charge in [0.2, 0.25) is 10.0 Å². The number of nitrogens with one attached hydrogen (secondary N) is 2. The van der Waals surface area contributed by atoms with Crippen molar-refractivity contribution >= 4 is 21.5 Å². The van der Waals surface area contributed by atoms with E-state index in [-0.39, 0.29) is 6.04 Å². The Morgan fingerprint density at radius 3 is 2.57 bits per heavy atom. The Bertz CT molecular complexity index is 566. The fourth-order valence-electron chi connectivity index (χ4n) is 2.58. The van der Waals surface area contributed by atoms with Crippen molar-refractivity contribution in [1.82, 2.24) is 9.71 Å². The highest BCUT2D eigenvalue weighted by atomic mass is 32.2. The monoisotopic (exact) mass is 312 g/mol. The summed E-state index contributed by atoms with van der Waals surface area (Å²) in [6.07, 6.45) is 4.60. The molecule has 1 fully saturated rings. The Morgan fingerprint density at radius 2 is 2.00 bits per heavy atom. The lowest BCUT2D eigenvalue weighted by Gasteiger charge is -2.34. The van der Waals surface area contributed by atoms with Gasteiger partial charge in [-0.15, -0.1) is 0 Å². The summed E-state index contributed by atoms with van der Waals surface area (Å²) in [5, 5.41) is 3.40. The third kappa shape index (κ3) is 4.86. The standard InChI is InChI=1S/C14H24N4O2S/c1-11(2)16-13-5-4-8-15-14(13)18-9-6-12(7-10-18)17-21(3,19)20/h4-5,8,11-12,16-17H,6-7,9-10H2,1-3H3. The lowest BCUT2D eigenvalue weighted by Crippen LogP contribution is -2.44. The van der Waals surface area contributed by atoms with E-state index < -0.39 is 10.0 Å². The minimum atomic E-state index is -3.13. The number of aromatic nitrogens is 1. The van der Waals surface area contributed by atoms with Crippen molar-refractivity contribution in [3.05, 3.63) is 18.3 Å². The summed E-state index contributed by atoms with van der Waals surface area (Å²) in [7, 11) is -3.13. The van der Waals surface area contributed by atoms with E-state index in [1.54, 1.807) is 6.20 Å². The minimum absolute atomic E-state index is 0.0291. The van der Waals surface area contributed by atoms with Gasteiger partial charge in [0.1, 0.15) is 0 Å². The summed E-state index contributed by atoms with van der Waals surface area (Å²) in [5.74, 6) is 0.948. The van der Waals surface area contributed by atoms with Gasteiger partial charge in [0.15, 0.2) is 5.82 Å². The lowest BCUT2D eigenvalue weighted by atomic mass is 10.1. The van der Waals surface area contributed by atoms with Crippen molar-refractivity contribution in [1.29, 1.82) is 0 Å². The molecule has 0 bridgehead atoms. The Labute approximate surface area is 127 Å². The predicted molar refractivity (Wildman–Crippen MR) is 86.2 cm³/mol. The Hall–Kier alpha value is -1.34. The van der Waals surface area contributed by atoms with Gasteiger partial charge in [-0.05, 0) is 38.8 Å². The first-order valence-corrected chi connectivity index (χ1v) is 9.18. The minimum Gasteiger partial charge on any atom is -0.380 e. The number of sulfonamides is 1. The second kappa shape index (κ2) is 6.62. The number of hydrogen-bond acceptors (Lipinski definition) is 5. The third-order valence-electron chi connectivity index (χ3n) is 3.41. The zero-order valence-electron chi connectivity index (χ0n) is 12.8. The van der Waals surface area contributed by atoms with Gasteiger partial charge in [0, 0.05) is 31.4 Å². The van der Waals surface area contributed by atoms with Gasteiger partial charge in [-0.3, -0.25) is 0 Å². The van der Waals surface area contributed by atoms with E-state index in [1.165, 1.54) is 6.26 Å². The van der Waals surface area contributed by atoms with Gasteiger partial charge in [0.25, 0.3) is 0 Å². The molecule has 0 amide bonds. The van der Waals surface area contributed by atoms with Gasteiger partial charge in [-0.25, -0.2) is 18.1 Å². The summed E-state index contributed by atoms with van der Waals surface area (Å²) in [5.41, 5.74) is 1.03. The largest absolute Gasteiger partial charge is 0.380 e. The molecule has 1 aromatic rings. The Balaban J connectivity index is 2.02. The number of anilines is 2. The smallest absolute Gasteiger partial charge is 0.208 e. The second-order valence-electron chi connectivity index (χ2n) is 5.82. The summed E-state index contributed by atoms with van der Waals surface area (Å²) in [4.78, 5) is 6.69. The Kier molecular flexibility index (Phi) is 5.05. The molecular weight excluding hydrogens is 288 g/mol. The molecule has 2 heterocycles.